The number of para-hydroxylation sites is 1. The average molecular weight is 374 g/mol. The van der Waals surface area contributed by atoms with Gasteiger partial charge in [-0.15, -0.1) is 0 Å². The van der Waals surface area contributed by atoms with Gasteiger partial charge in [-0.2, -0.15) is 4.57 Å². The quantitative estimate of drug-likeness (QED) is 0.641. The first kappa shape index (κ1) is 19.1. The van der Waals surface area contributed by atoms with Crippen LogP contribution in [-0.2, 0) is 11.8 Å². The standard InChI is InChI=1S/C19H19N3OS.ClH/c1-13(20)19(23)21-15-10-7-14(8-11-15)9-12-18-22(2)16-5-3-4-6-17(16)24-18;/h3-13H,20H2,1-2H3;1H/t13-;/m0./s1. The molecule has 2 aromatic carbocycles. The van der Waals surface area contributed by atoms with E-state index in [2.05, 4.69) is 53.3 Å². The van der Waals surface area contributed by atoms with Crippen molar-refractivity contribution < 1.29 is 21.8 Å². The van der Waals surface area contributed by atoms with Gasteiger partial charge in [0.1, 0.15) is 11.7 Å². The summed E-state index contributed by atoms with van der Waals surface area (Å²) >= 11 is 1.76. The van der Waals surface area contributed by atoms with Crippen molar-refractivity contribution in [2.75, 3.05) is 5.32 Å². The summed E-state index contributed by atoms with van der Waals surface area (Å²) in [7, 11) is 2.07. The molecule has 3 N–H and O–H groups in total. The maximum absolute atomic E-state index is 11.6. The molecule has 4 nitrogen and oxygen atoms in total. The lowest BCUT2D eigenvalue weighted by atomic mass is 10.2. The molecule has 0 aliphatic heterocycles. The normalized spacial score (nSPS) is 12.1. The second kappa shape index (κ2) is 8.25. The Bertz CT molecular complexity index is 901. The highest BCUT2D eigenvalue weighted by atomic mass is 35.5. The molecule has 0 bridgehead atoms. The van der Waals surface area contributed by atoms with Crippen LogP contribution in [0.2, 0.25) is 0 Å². The molecule has 3 aromatic rings. The number of nitrogens with zero attached hydrogens (tertiary/aromatic N) is 1. The minimum absolute atomic E-state index is 0. The molecule has 0 aliphatic rings. The van der Waals surface area contributed by atoms with Gasteiger partial charge in [0.15, 0.2) is 0 Å². The van der Waals surface area contributed by atoms with Crippen LogP contribution >= 0.6 is 11.3 Å². The van der Waals surface area contributed by atoms with Gasteiger partial charge in [-0.3, -0.25) is 4.79 Å². The SMILES string of the molecule is C[C@H](N)C(=O)Nc1ccc(C=Cc2sc3ccccc3[n+]2C)cc1.[Cl-]. The molecule has 0 spiro atoms. The fraction of sp³-hybridized carbons (Fsp3) is 0.158. The first-order valence-electron chi connectivity index (χ1n) is 7.77. The first-order valence-corrected chi connectivity index (χ1v) is 8.58. The largest absolute Gasteiger partial charge is 1.00 e. The summed E-state index contributed by atoms with van der Waals surface area (Å²) in [6.07, 6.45) is 4.18. The number of aromatic nitrogens is 1. The Morgan fingerprint density at radius 2 is 1.84 bits per heavy atom. The van der Waals surface area contributed by atoms with Crippen LogP contribution in [0.4, 0.5) is 5.69 Å². The van der Waals surface area contributed by atoms with Crippen LogP contribution in [-0.4, -0.2) is 11.9 Å². The van der Waals surface area contributed by atoms with Gasteiger partial charge in [0.25, 0.3) is 5.01 Å². The molecule has 0 saturated carbocycles. The number of fused-ring (bicyclic) bond motifs is 1. The average Bonchev–Trinajstić information content (AvgIpc) is 2.90. The highest BCUT2D eigenvalue weighted by Gasteiger charge is 2.13. The van der Waals surface area contributed by atoms with Crippen LogP contribution in [0.5, 0.6) is 0 Å². The van der Waals surface area contributed by atoms with Gasteiger partial charge in [0, 0.05) is 17.8 Å². The molecular weight excluding hydrogens is 354 g/mol. The number of benzene rings is 2. The van der Waals surface area contributed by atoms with E-state index >= 15 is 0 Å². The smallest absolute Gasteiger partial charge is 0.262 e. The highest BCUT2D eigenvalue weighted by molar-refractivity contribution is 7.18. The number of halogens is 1. The number of thiazole rings is 1. The maximum atomic E-state index is 11.6. The Morgan fingerprint density at radius 3 is 2.48 bits per heavy atom. The zero-order valence-electron chi connectivity index (χ0n) is 14.1. The van der Waals surface area contributed by atoms with Gasteiger partial charge in [-0.05, 0) is 36.8 Å². The summed E-state index contributed by atoms with van der Waals surface area (Å²) in [5.41, 5.74) is 8.61. The summed E-state index contributed by atoms with van der Waals surface area (Å²) in [6, 6.07) is 15.6. The fourth-order valence-electron chi connectivity index (χ4n) is 2.37. The third kappa shape index (κ3) is 4.45. The molecule has 0 fully saturated rings. The molecular formula is C19H20ClN3OS. The van der Waals surface area contributed by atoms with Crippen molar-refractivity contribution in [3.05, 3.63) is 59.1 Å². The molecule has 1 atom stereocenters. The number of rotatable bonds is 4. The first-order chi connectivity index (χ1) is 11.5. The van der Waals surface area contributed by atoms with E-state index in [1.807, 2.05) is 24.3 Å². The van der Waals surface area contributed by atoms with Crippen LogP contribution in [0.3, 0.4) is 0 Å². The summed E-state index contributed by atoms with van der Waals surface area (Å²) in [5.74, 6) is -0.185. The summed E-state index contributed by atoms with van der Waals surface area (Å²) in [5, 5.41) is 3.96. The second-order valence-electron chi connectivity index (χ2n) is 5.70. The van der Waals surface area contributed by atoms with Crippen molar-refractivity contribution in [3.8, 4) is 0 Å². The van der Waals surface area contributed by atoms with Crippen molar-refractivity contribution in [3.63, 3.8) is 0 Å². The van der Waals surface area contributed by atoms with Gasteiger partial charge in [0.05, 0.1) is 6.04 Å². The summed E-state index contributed by atoms with van der Waals surface area (Å²) in [4.78, 5) is 11.6. The number of anilines is 1. The molecule has 0 radical (unpaired) electrons. The topological polar surface area (TPSA) is 59.0 Å². The number of carbonyl (C=O) groups excluding carboxylic acids is 1. The van der Waals surface area contributed by atoms with Crippen molar-refractivity contribution in [1.82, 2.24) is 0 Å². The molecule has 0 aliphatic carbocycles. The second-order valence-corrected chi connectivity index (χ2v) is 6.76. The molecule has 130 valence electrons. The minimum Gasteiger partial charge on any atom is -1.00 e. The number of hydrogen-bond acceptors (Lipinski definition) is 3. The van der Waals surface area contributed by atoms with Crippen LogP contribution < -0.4 is 28.0 Å². The fourth-order valence-corrected chi connectivity index (χ4v) is 3.42. The van der Waals surface area contributed by atoms with Gasteiger partial charge >= 0.3 is 0 Å². The van der Waals surface area contributed by atoms with Crippen LogP contribution in [0.25, 0.3) is 22.4 Å². The van der Waals surface area contributed by atoms with Crippen molar-refractivity contribution >= 4 is 45.3 Å². The Labute approximate surface area is 157 Å². The van der Waals surface area contributed by atoms with Crippen molar-refractivity contribution in [2.45, 2.75) is 13.0 Å². The van der Waals surface area contributed by atoms with Crippen LogP contribution in [0.1, 0.15) is 17.5 Å². The lowest BCUT2D eigenvalue weighted by Crippen LogP contribution is -3.00. The Kier molecular flexibility index (Phi) is 6.31. The number of carbonyl (C=O) groups is 1. The van der Waals surface area contributed by atoms with Crippen LogP contribution in [0, 0.1) is 0 Å². The Morgan fingerprint density at radius 1 is 1.16 bits per heavy atom. The van der Waals surface area contributed by atoms with E-state index in [-0.39, 0.29) is 18.3 Å². The van der Waals surface area contributed by atoms with Crippen molar-refractivity contribution in [2.24, 2.45) is 12.8 Å². The molecule has 3 rings (SSSR count). The maximum Gasteiger partial charge on any atom is 0.262 e. The van der Waals surface area contributed by atoms with Crippen LogP contribution in [0.15, 0.2) is 48.5 Å². The number of amides is 1. The highest BCUT2D eigenvalue weighted by Crippen LogP contribution is 2.21. The summed E-state index contributed by atoms with van der Waals surface area (Å²) < 4.78 is 3.46. The zero-order chi connectivity index (χ0) is 17.1. The van der Waals surface area contributed by atoms with Gasteiger partial charge < -0.3 is 23.5 Å². The Balaban J connectivity index is 0.00000225. The van der Waals surface area contributed by atoms with Crippen molar-refractivity contribution in [1.29, 1.82) is 0 Å². The predicted octanol–water partition coefficient (Wildman–Crippen LogP) is 0.186. The van der Waals surface area contributed by atoms with E-state index in [0.29, 0.717) is 0 Å². The lowest BCUT2D eigenvalue weighted by molar-refractivity contribution is -0.642. The Hall–Kier alpha value is -2.21. The molecule has 0 saturated heterocycles. The van der Waals surface area contributed by atoms with E-state index in [4.69, 9.17) is 5.73 Å². The number of nitrogens with two attached hydrogens (primary N) is 1. The molecule has 0 unspecified atom stereocenters. The monoisotopic (exact) mass is 373 g/mol. The summed E-state index contributed by atoms with van der Waals surface area (Å²) in [6.45, 7) is 1.66. The third-order valence-electron chi connectivity index (χ3n) is 3.78. The minimum atomic E-state index is -0.516. The predicted molar refractivity (Wildman–Crippen MR) is 101 cm³/mol. The molecule has 1 amide bonds. The number of aryl methyl sites for hydroxylation is 1. The van der Waals surface area contributed by atoms with Gasteiger partial charge in [-0.25, -0.2) is 0 Å². The van der Waals surface area contributed by atoms with Gasteiger partial charge in [-0.1, -0.05) is 35.6 Å². The molecule has 1 heterocycles. The van der Waals surface area contributed by atoms with E-state index in [0.717, 1.165) is 11.3 Å². The van der Waals surface area contributed by atoms with E-state index in [1.54, 1.807) is 18.3 Å². The number of hydrogen-bond donors (Lipinski definition) is 2. The number of nitrogens with one attached hydrogen (secondary N) is 1. The molecule has 25 heavy (non-hydrogen) atoms. The third-order valence-corrected chi connectivity index (χ3v) is 4.97. The van der Waals surface area contributed by atoms with E-state index in [1.165, 1.54) is 15.2 Å². The lowest BCUT2D eigenvalue weighted by Gasteiger charge is -2.07. The van der Waals surface area contributed by atoms with Gasteiger partial charge in [0.2, 0.25) is 11.4 Å². The zero-order valence-corrected chi connectivity index (χ0v) is 15.6. The van der Waals surface area contributed by atoms with E-state index < -0.39 is 6.04 Å². The molecule has 1 aromatic heterocycles. The van der Waals surface area contributed by atoms with E-state index in [9.17, 15) is 4.79 Å². The molecule has 6 heteroatoms.